The minimum atomic E-state index is -3.43. The summed E-state index contributed by atoms with van der Waals surface area (Å²) in [7, 11) is -3.43. The third-order valence-electron chi connectivity index (χ3n) is 5.99. The highest BCUT2D eigenvalue weighted by atomic mass is 35.5. The van der Waals surface area contributed by atoms with Gasteiger partial charge in [-0.15, -0.1) is 0 Å². The fourth-order valence-electron chi connectivity index (χ4n) is 4.07. The molecule has 0 atom stereocenters. The van der Waals surface area contributed by atoms with Gasteiger partial charge in [0.25, 0.3) is 0 Å². The summed E-state index contributed by atoms with van der Waals surface area (Å²) in [6.45, 7) is 7.38. The minimum absolute atomic E-state index is 0.00953. The van der Waals surface area contributed by atoms with Gasteiger partial charge < -0.3 is 10.2 Å². The maximum absolute atomic E-state index is 12.8. The number of amides is 1. The Balaban J connectivity index is 1.48. The Labute approximate surface area is 196 Å². The summed E-state index contributed by atoms with van der Waals surface area (Å²) in [5, 5.41) is 3.53. The van der Waals surface area contributed by atoms with Crippen molar-refractivity contribution in [1.82, 2.24) is 9.62 Å². The first kappa shape index (κ1) is 24.6. The van der Waals surface area contributed by atoms with Crippen molar-refractivity contribution in [3.05, 3.63) is 64.7 Å². The number of benzene rings is 2. The van der Waals surface area contributed by atoms with Gasteiger partial charge in [-0.05, 0) is 62.1 Å². The Morgan fingerprint density at radius 3 is 2.31 bits per heavy atom. The number of hydrogen-bond acceptors (Lipinski definition) is 4. The van der Waals surface area contributed by atoms with Crippen molar-refractivity contribution in [2.45, 2.75) is 39.0 Å². The average molecular weight is 478 g/mol. The Morgan fingerprint density at radius 2 is 1.72 bits per heavy atom. The normalized spacial score (nSPS) is 15.5. The van der Waals surface area contributed by atoms with Crippen LogP contribution in [0.4, 0.5) is 5.69 Å². The lowest BCUT2D eigenvalue weighted by atomic mass is 9.97. The van der Waals surface area contributed by atoms with E-state index in [2.05, 4.69) is 36.2 Å². The summed E-state index contributed by atoms with van der Waals surface area (Å²) in [5.74, 6) is -0.249. The lowest BCUT2D eigenvalue weighted by molar-refractivity contribution is -0.126. The van der Waals surface area contributed by atoms with Gasteiger partial charge in [0, 0.05) is 49.4 Å². The molecule has 0 saturated carbocycles. The Bertz CT molecular complexity index is 999. The predicted octanol–water partition coefficient (Wildman–Crippen LogP) is 4.04. The van der Waals surface area contributed by atoms with Crippen LogP contribution in [0.2, 0.25) is 5.02 Å². The van der Waals surface area contributed by atoms with Crippen molar-refractivity contribution < 1.29 is 13.2 Å². The first-order chi connectivity index (χ1) is 15.3. The molecule has 1 saturated heterocycles. The summed E-state index contributed by atoms with van der Waals surface area (Å²) in [6, 6.07) is 15.2. The van der Waals surface area contributed by atoms with Gasteiger partial charge in [0.1, 0.15) is 0 Å². The zero-order valence-corrected chi connectivity index (χ0v) is 20.3. The van der Waals surface area contributed by atoms with E-state index in [1.807, 2.05) is 12.1 Å². The van der Waals surface area contributed by atoms with Crippen molar-refractivity contribution >= 4 is 33.2 Å². The topological polar surface area (TPSA) is 69.7 Å². The highest BCUT2D eigenvalue weighted by Gasteiger charge is 2.31. The van der Waals surface area contributed by atoms with Gasteiger partial charge >= 0.3 is 0 Å². The maximum atomic E-state index is 12.8. The van der Waals surface area contributed by atoms with E-state index in [1.54, 1.807) is 24.3 Å². The van der Waals surface area contributed by atoms with Crippen LogP contribution in [-0.2, 0) is 27.1 Å². The van der Waals surface area contributed by atoms with E-state index < -0.39 is 10.0 Å². The molecule has 1 aliphatic rings. The number of carbonyl (C=O) groups excluding carboxylic acids is 1. The predicted molar refractivity (Wildman–Crippen MR) is 130 cm³/mol. The Hall–Kier alpha value is -2.09. The van der Waals surface area contributed by atoms with Gasteiger partial charge in [0.2, 0.25) is 15.9 Å². The van der Waals surface area contributed by atoms with Gasteiger partial charge in [0.05, 0.1) is 5.75 Å². The Morgan fingerprint density at radius 1 is 1.06 bits per heavy atom. The molecular formula is C24H32ClN3O3S. The van der Waals surface area contributed by atoms with Crippen LogP contribution in [0.3, 0.4) is 0 Å². The van der Waals surface area contributed by atoms with Crippen molar-refractivity contribution in [3.63, 3.8) is 0 Å². The second kappa shape index (κ2) is 11.2. The molecule has 1 fully saturated rings. The molecule has 0 radical (unpaired) electrons. The van der Waals surface area contributed by atoms with Crippen LogP contribution < -0.4 is 10.2 Å². The molecule has 0 aliphatic carbocycles. The quantitative estimate of drug-likeness (QED) is 0.591. The molecule has 3 rings (SSSR count). The van der Waals surface area contributed by atoms with Crippen LogP contribution in [0.1, 0.15) is 37.8 Å². The van der Waals surface area contributed by atoms with Crippen LogP contribution in [0.15, 0.2) is 48.5 Å². The van der Waals surface area contributed by atoms with E-state index in [0.29, 0.717) is 43.1 Å². The summed E-state index contributed by atoms with van der Waals surface area (Å²) >= 11 is 5.97. The zero-order chi connectivity index (χ0) is 23.1. The summed E-state index contributed by atoms with van der Waals surface area (Å²) in [6.07, 6.45) is 1.06. The molecule has 0 unspecified atom stereocenters. The number of anilines is 1. The van der Waals surface area contributed by atoms with E-state index in [1.165, 1.54) is 9.99 Å². The lowest BCUT2D eigenvalue weighted by Gasteiger charge is -2.30. The highest BCUT2D eigenvalue weighted by Crippen LogP contribution is 2.23. The van der Waals surface area contributed by atoms with Crippen LogP contribution in [0.5, 0.6) is 0 Å². The third kappa shape index (κ3) is 6.47. The number of sulfonamides is 1. The second-order valence-electron chi connectivity index (χ2n) is 8.12. The van der Waals surface area contributed by atoms with Crippen LogP contribution >= 0.6 is 11.6 Å². The molecule has 1 aliphatic heterocycles. The van der Waals surface area contributed by atoms with E-state index in [-0.39, 0.29) is 17.6 Å². The van der Waals surface area contributed by atoms with Crippen LogP contribution in [0, 0.1) is 5.92 Å². The number of hydrogen-bond donors (Lipinski definition) is 1. The number of nitrogens with one attached hydrogen (secondary N) is 1. The van der Waals surface area contributed by atoms with E-state index in [0.717, 1.165) is 18.7 Å². The van der Waals surface area contributed by atoms with Gasteiger partial charge in [-0.2, -0.15) is 0 Å². The molecule has 1 heterocycles. The molecule has 2 aromatic rings. The molecule has 0 spiro atoms. The summed E-state index contributed by atoms with van der Waals surface area (Å²) in [5.41, 5.74) is 2.90. The largest absolute Gasteiger partial charge is 0.372 e. The smallest absolute Gasteiger partial charge is 0.223 e. The number of rotatable bonds is 9. The number of halogens is 1. The number of nitrogens with zero attached hydrogens (tertiary/aromatic N) is 2. The molecule has 6 nitrogen and oxygen atoms in total. The van der Waals surface area contributed by atoms with Crippen LogP contribution in [0.25, 0.3) is 0 Å². The molecule has 1 amide bonds. The Kier molecular flexibility index (Phi) is 8.57. The van der Waals surface area contributed by atoms with Crippen molar-refractivity contribution in [3.8, 4) is 0 Å². The summed E-state index contributed by atoms with van der Waals surface area (Å²) < 4.78 is 27.0. The minimum Gasteiger partial charge on any atom is -0.372 e. The fourth-order valence-corrected chi connectivity index (χ4v) is 5.84. The van der Waals surface area contributed by atoms with E-state index >= 15 is 0 Å². The number of piperidine rings is 1. The molecular weight excluding hydrogens is 446 g/mol. The van der Waals surface area contributed by atoms with Crippen molar-refractivity contribution in [1.29, 1.82) is 0 Å². The average Bonchev–Trinajstić information content (AvgIpc) is 2.79. The molecule has 0 aromatic heterocycles. The number of carbonyl (C=O) groups is 1. The monoisotopic (exact) mass is 477 g/mol. The third-order valence-corrected chi connectivity index (χ3v) is 8.07. The van der Waals surface area contributed by atoms with Crippen LogP contribution in [-0.4, -0.2) is 44.8 Å². The van der Waals surface area contributed by atoms with Gasteiger partial charge in [-0.25, -0.2) is 12.7 Å². The van der Waals surface area contributed by atoms with Gasteiger partial charge in [0.15, 0.2) is 0 Å². The molecule has 1 N–H and O–H groups in total. The fraction of sp³-hybridized carbons (Fsp3) is 0.458. The van der Waals surface area contributed by atoms with Crippen molar-refractivity contribution in [2.75, 3.05) is 31.1 Å². The second-order valence-corrected chi connectivity index (χ2v) is 10.5. The molecule has 174 valence electrons. The molecule has 0 bridgehead atoms. The maximum Gasteiger partial charge on any atom is 0.223 e. The molecule has 2 aromatic carbocycles. The first-order valence-electron chi connectivity index (χ1n) is 11.2. The molecule has 32 heavy (non-hydrogen) atoms. The van der Waals surface area contributed by atoms with Crippen molar-refractivity contribution in [2.24, 2.45) is 5.92 Å². The molecule has 8 heteroatoms. The first-order valence-corrected chi connectivity index (χ1v) is 13.1. The van der Waals surface area contributed by atoms with Gasteiger partial charge in [-0.1, -0.05) is 35.9 Å². The SMILES string of the molecule is CCN(CC)c1ccc(CNC(=O)C2CCN(S(=O)(=O)Cc3cccc(Cl)c3)CC2)cc1. The van der Waals surface area contributed by atoms with Gasteiger partial charge in [-0.3, -0.25) is 4.79 Å². The van der Waals surface area contributed by atoms with E-state index in [4.69, 9.17) is 11.6 Å². The summed E-state index contributed by atoms with van der Waals surface area (Å²) in [4.78, 5) is 14.9. The zero-order valence-electron chi connectivity index (χ0n) is 18.8. The van der Waals surface area contributed by atoms with E-state index in [9.17, 15) is 13.2 Å². The standard InChI is InChI=1S/C24H32ClN3O3S/c1-3-27(4-2)23-10-8-19(9-11-23)17-26-24(29)21-12-14-28(15-13-21)32(30,31)18-20-6-5-7-22(25)16-20/h5-11,16,21H,3-4,12-15,17-18H2,1-2H3,(H,26,29). The lowest BCUT2D eigenvalue weighted by Crippen LogP contribution is -2.43. The highest BCUT2D eigenvalue weighted by molar-refractivity contribution is 7.88.